The van der Waals surface area contributed by atoms with Gasteiger partial charge in [-0.1, -0.05) is 15.9 Å². The number of carbonyl (C=O) groups is 2. The molecule has 0 saturated carbocycles. The van der Waals surface area contributed by atoms with E-state index in [0.29, 0.717) is 12.1 Å². The molecule has 24 heavy (non-hydrogen) atoms. The van der Waals surface area contributed by atoms with E-state index in [2.05, 4.69) is 33.5 Å². The van der Waals surface area contributed by atoms with Crippen LogP contribution in [0.25, 0.3) is 0 Å². The van der Waals surface area contributed by atoms with Crippen LogP contribution in [0.15, 0.2) is 28.7 Å². The van der Waals surface area contributed by atoms with E-state index in [1.807, 2.05) is 12.1 Å². The minimum atomic E-state index is -0.352. The van der Waals surface area contributed by atoms with Gasteiger partial charge in [-0.15, -0.1) is 0 Å². The Bertz CT molecular complexity index is 605. The van der Waals surface area contributed by atoms with Gasteiger partial charge in [0, 0.05) is 28.7 Å². The molecule has 2 aliphatic rings. The average molecular weight is 394 g/mol. The van der Waals surface area contributed by atoms with Crippen LogP contribution in [-0.2, 0) is 4.79 Å². The fraction of sp³-hybridized carbons (Fsp3) is 0.556. The predicted molar refractivity (Wildman–Crippen MR) is 96.8 cm³/mol. The summed E-state index contributed by atoms with van der Waals surface area (Å²) in [7, 11) is 0. The molecule has 130 valence electrons. The van der Waals surface area contributed by atoms with E-state index in [4.69, 9.17) is 0 Å². The molecule has 6 heteroatoms. The van der Waals surface area contributed by atoms with Gasteiger partial charge in [0.2, 0.25) is 5.91 Å². The largest absolute Gasteiger partial charge is 0.350 e. The van der Waals surface area contributed by atoms with Crippen molar-refractivity contribution in [3.8, 4) is 0 Å². The number of carbonyl (C=O) groups excluding carboxylic acids is 2. The number of hydrogen-bond donors (Lipinski definition) is 2. The standard InChI is InChI=1S/C18H24BrN3O2/c1-12-15(4-2-10-20-12)21-17(23)16-5-3-11-22(16)18(24)13-6-8-14(19)9-7-13/h6-9,12,15-16,20H,2-5,10-11H2,1H3,(H,21,23). The second-order valence-corrected chi connectivity index (χ2v) is 7.58. The number of halogens is 1. The highest BCUT2D eigenvalue weighted by Crippen LogP contribution is 2.22. The molecule has 2 fully saturated rings. The first-order valence-electron chi connectivity index (χ1n) is 8.66. The summed E-state index contributed by atoms with van der Waals surface area (Å²) in [4.78, 5) is 27.2. The number of piperidine rings is 1. The van der Waals surface area contributed by atoms with E-state index in [9.17, 15) is 9.59 Å². The van der Waals surface area contributed by atoms with Gasteiger partial charge in [0.05, 0.1) is 0 Å². The quantitative estimate of drug-likeness (QED) is 0.827. The van der Waals surface area contributed by atoms with E-state index < -0.39 is 0 Å². The van der Waals surface area contributed by atoms with Gasteiger partial charge in [-0.2, -0.15) is 0 Å². The first kappa shape index (κ1) is 17.4. The molecule has 2 N–H and O–H groups in total. The van der Waals surface area contributed by atoms with Crippen LogP contribution in [0.1, 0.15) is 43.0 Å². The zero-order valence-electron chi connectivity index (χ0n) is 13.9. The molecule has 2 saturated heterocycles. The Balaban J connectivity index is 1.67. The Kier molecular flexibility index (Phi) is 5.56. The van der Waals surface area contributed by atoms with Crippen molar-refractivity contribution in [3.05, 3.63) is 34.3 Å². The zero-order valence-corrected chi connectivity index (χ0v) is 15.5. The van der Waals surface area contributed by atoms with Crippen molar-refractivity contribution in [3.63, 3.8) is 0 Å². The lowest BCUT2D eigenvalue weighted by molar-refractivity contribution is -0.125. The van der Waals surface area contributed by atoms with E-state index in [1.165, 1.54) is 0 Å². The summed E-state index contributed by atoms with van der Waals surface area (Å²) in [6, 6.07) is 7.38. The summed E-state index contributed by atoms with van der Waals surface area (Å²) in [6.07, 6.45) is 3.68. The van der Waals surface area contributed by atoms with Crippen LogP contribution in [0.4, 0.5) is 0 Å². The molecule has 0 bridgehead atoms. The van der Waals surface area contributed by atoms with Gasteiger partial charge in [0.15, 0.2) is 0 Å². The summed E-state index contributed by atoms with van der Waals surface area (Å²) < 4.78 is 0.938. The van der Waals surface area contributed by atoms with Crippen molar-refractivity contribution < 1.29 is 9.59 Å². The van der Waals surface area contributed by atoms with Gasteiger partial charge >= 0.3 is 0 Å². The Hall–Kier alpha value is -1.40. The van der Waals surface area contributed by atoms with Crippen LogP contribution in [0, 0.1) is 0 Å². The number of likely N-dealkylation sites (tertiary alicyclic amines) is 1. The fourth-order valence-corrected chi connectivity index (χ4v) is 3.83. The highest BCUT2D eigenvalue weighted by molar-refractivity contribution is 9.10. The zero-order chi connectivity index (χ0) is 17.1. The maximum atomic E-state index is 12.7. The molecule has 2 heterocycles. The summed E-state index contributed by atoms with van der Waals surface area (Å²) in [5.41, 5.74) is 0.630. The third-order valence-corrected chi connectivity index (χ3v) is 5.53. The maximum Gasteiger partial charge on any atom is 0.254 e. The molecular weight excluding hydrogens is 370 g/mol. The van der Waals surface area contributed by atoms with Crippen molar-refractivity contribution in [2.45, 2.75) is 50.7 Å². The Morgan fingerprint density at radius 1 is 1.21 bits per heavy atom. The molecule has 1 aromatic rings. The first-order valence-corrected chi connectivity index (χ1v) is 9.46. The van der Waals surface area contributed by atoms with Crippen LogP contribution >= 0.6 is 15.9 Å². The number of amides is 2. The number of rotatable bonds is 3. The Morgan fingerprint density at radius 2 is 1.96 bits per heavy atom. The lowest BCUT2D eigenvalue weighted by Gasteiger charge is -2.33. The lowest BCUT2D eigenvalue weighted by atomic mass is 9.99. The van der Waals surface area contributed by atoms with Crippen LogP contribution in [-0.4, -0.2) is 47.9 Å². The minimum Gasteiger partial charge on any atom is -0.350 e. The van der Waals surface area contributed by atoms with Crippen molar-refractivity contribution in [2.24, 2.45) is 0 Å². The molecular formula is C18H24BrN3O2. The normalized spacial score (nSPS) is 27.1. The SMILES string of the molecule is CC1NCCCC1NC(=O)C1CCCN1C(=O)c1ccc(Br)cc1. The summed E-state index contributed by atoms with van der Waals surface area (Å²) in [6.45, 7) is 3.75. The summed E-state index contributed by atoms with van der Waals surface area (Å²) in [5, 5.41) is 6.55. The molecule has 0 aliphatic carbocycles. The molecule has 3 atom stereocenters. The Labute approximate surface area is 151 Å². The Morgan fingerprint density at radius 3 is 2.67 bits per heavy atom. The molecule has 3 unspecified atom stereocenters. The molecule has 2 amide bonds. The second-order valence-electron chi connectivity index (χ2n) is 6.66. The van der Waals surface area contributed by atoms with Gasteiger partial charge in [0.1, 0.15) is 6.04 Å². The third-order valence-electron chi connectivity index (χ3n) is 5.00. The minimum absolute atomic E-state index is 0.0153. The number of nitrogens with one attached hydrogen (secondary N) is 2. The van der Waals surface area contributed by atoms with E-state index in [-0.39, 0.29) is 29.9 Å². The lowest BCUT2D eigenvalue weighted by Crippen LogP contribution is -2.56. The van der Waals surface area contributed by atoms with Crippen molar-refractivity contribution in [1.29, 1.82) is 0 Å². The molecule has 3 rings (SSSR count). The van der Waals surface area contributed by atoms with Crippen LogP contribution in [0.2, 0.25) is 0 Å². The smallest absolute Gasteiger partial charge is 0.254 e. The molecule has 0 radical (unpaired) electrons. The molecule has 2 aliphatic heterocycles. The van der Waals surface area contributed by atoms with Crippen LogP contribution in [0.5, 0.6) is 0 Å². The van der Waals surface area contributed by atoms with Gasteiger partial charge < -0.3 is 15.5 Å². The molecule has 0 spiro atoms. The van der Waals surface area contributed by atoms with Gasteiger partial charge in [-0.25, -0.2) is 0 Å². The number of nitrogens with zero attached hydrogens (tertiary/aromatic N) is 1. The third kappa shape index (κ3) is 3.81. The van der Waals surface area contributed by atoms with E-state index in [0.717, 1.165) is 36.7 Å². The second kappa shape index (κ2) is 7.66. The van der Waals surface area contributed by atoms with Crippen molar-refractivity contribution in [2.75, 3.05) is 13.1 Å². The van der Waals surface area contributed by atoms with Gasteiger partial charge in [-0.05, 0) is 63.4 Å². The first-order chi connectivity index (χ1) is 11.6. The van der Waals surface area contributed by atoms with E-state index >= 15 is 0 Å². The average Bonchev–Trinajstić information content (AvgIpc) is 3.07. The molecule has 0 aromatic heterocycles. The molecule has 1 aromatic carbocycles. The maximum absolute atomic E-state index is 12.7. The van der Waals surface area contributed by atoms with Crippen LogP contribution in [0.3, 0.4) is 0 Å². The highest BCUT2D eigenvalue weighted by Gasteiger charge is 2.36. The monoisotopic (exact) mass is 393 g/mol. The highest BCUT2D eigenvalue weighted by atomic mass is 79.9. The van der Waals surface area contributed by atoms with Crippen LogP contribution < -0.4 is 10.6 Å². The van der Waals surface area contributed by atoms with Crippen molar-refractivity contribution in [1.82, 2.24) is 15.5 Å². The van der Waals surface area contributed by atoms with E-state index in [1.54, 1.807) is 17.0 Å². The molecule has 5 nitrogen and oxygen atoms in total. The van der Waals surface area contributed by atoms with Gasteiger partial charge in [0.25, 0.3) is 5.91 Å². The van der Waals surface area contributed by atoms with Gasteiger partial charge in [-0.3, -0.25) is 9.59 Å². The predicted octanol–water partition coefficient (Wildman–Crippen LogP) is 2.31. The van der Waals surface area contributed by atoms with Crippen molar-refractivity contribution >= 4 is 27.7 Å². The number of benzene rings is 1. The number of hydrogen-bond acceptors (Lipinski definition) is 3. The summed E-state index contributed by atoms with van der Waals surface area (Å²) >= 11 is 3.38. The fourth-order valence-electron chi connectivity index (χ4n) is 3.56. The topological polar surface area (TPSA) is 61.4 Å². The summed E-state index contributed by atoms with van der Waals surface area (Å²) in [5.74, 6) is -0.0755.